The zero-order valence-electron chi connectivity index (χ0n) is 10.6. The fourth-order valence-corrected chi connectivity index (χ4v) is 2.48. The van der Waals surface area contributed by atoms with Crippen LogP contribution in [0.15, 0.2) is 6.07 Å². The number of pyridine rings is 1. The molecule has 1 aliphatic rings. The van der Waals surface area contributed by atoms with Gasteiger partial charge in [0, 0.05) is 12.2 Å². The first kappa shape index (κ1) is 12.4. The molecule has 5 nitrogen and oxygen atoms in total. The Morgan fingerprint density at radius 3 is 2.94 bits per heavy atom. The van der Waals surface area contributed by atoms with Gasteiger partial charge in [-0.2, -0.15) is 5.26 Å². The molecule has 0 aromatic carbocycles. The summed E-state index contributed by atoms with van der Waals surface area (Å²) in [5, 5.41) is 9.24. The highest BCUT2D eigenvalue weighted by Crippen LogP contribution is 2.28. The first-order valence-electron chi connectivity index (χ1n) is 5.99. The van der Waals surface area contributed by atoms with Gasteiger partial charge >= 0.3 is 0 Å². The third kappa shape index (κ3) is 2.02. The Labute approximate surface area is 106 Å². The average molecular weight is 244 g/mol. The van der Waals surface area contributed by atoms with Crippen molar-refractivity contribution in [3.8, 4) is 6.07 Å². The highest BCUT2D eigenvalue weighted by atomic mass is 16.1. The zero-order valence-corrected chi connectivity index (χ0v) is 10.6. The Hall–Kier alpha value is -2.09. The summed E-state index contributed by atoms with van der Waals surface area (Å²) in [5.74, 6) is 0.244. The standard InChI is InChI=1S/C13H16N4O/c1-8-6-9(2)16-13(10(8)7-14)17-5-3-4-11(17)12(15)18/h6,11H,3-5H2,1-2H3,(H2,15,18). The number of hydrogen-bond acceptors (Lipinski definition) is 4. The molecular formula is C13H16N4O. The van der Waals surface area contributed by atoms with Gasteiger partial charge in [0.1, 0.15) is 17.9 Å². The molecular weight excluding hydrogens is 228 g/mol. The molecule has 0 saturated carbocycles. The van der Waals surface area contributed by atoms with Crippen molar-refractivity contribution in [1.29, 1.82) is 5.26 Å². The molecule has 1 aromatic heterocycles. The number of primary amides is 1. The fourth-order valence-electron chi connectivity index (χ4n) is 2.48. The number of rotatable bonds is 2. The molecule has 2 heterocycles. The Morgan fingerprint density at radius 2 is 2.33 bits per heavy atom. The van der Waals surface area contributed by atoms with Crippen molar-refractivity contribution in [2.45, 2.75) is 32.7 Å². The van der Waals surface area contributed by atoms with Crippen LogP contribution in [0.1, 0.15) is 29.7 Å². The molecule has 94 valence electrons. The smallest absolute Gasteiger partial charge is 0.240 e. The molecule has 0 radical (unpaired) electrons. The van der Waals surface area contributed by atoms with Gasteiger partial charge in [0.25, 0.3) is 0 Å². The van der Waals surface area contributed by atoms with E-state index >= 15 is 0 Å². The average Bonchev–Trinajstić information content (AvgIpc) is 2.76. The Kier molecular flexibility index (Phi) is 3.19. The number of carbonyl (C=O) groups is 1. The van der Waals surface area contributed by atoms with Crippen molar-refractivity contribution in [2.75, 3.05) is 11.4 Å². The van der Waals surface area contributed by atoms with Gasteiger partial charge < -0.3 is 10.6 Å². The van der Waals surface area contributed by atoms with Crippen LogP contribution in [0.25, 0.3) is 0 Å². The van der Waals surface area contributed by atoms with Gasteiger partial charge in [0.2, 0.25) is 5.91 Å². The van der Waals surface area contributed by atoms with Gasteiger partial charge in [0.15, 0.2) is 0 Å². The van der Waals surface area contributed by atoms with E-state index in [1.165, 1.54) is 0 Å². The molecule has 1 aliphatic heterocycles. The second-order valence-electron chi connectivity index (χ2n) is 4.64. The van der Waals surface area contributed by atoms with Crippen molar-refractivity contribution < 1.29 is 4.79 Å². The van der Waals surface area contributed by atoms with Crippen LogP contribution in [0, 0.1) is 25.2 Å². The van der Waals surface area contributed by atoms with E-state index in [2.05, 4.69) is 11.1 Å². The highest BCUT2D eigenvalue weighted by molar-refractivity contribution is 5.84. The summed E-state index contributed by atoms with van der Waals surface area (Å²) in [6, 6.07) is 3.70. The molecule has 1 amide bonds. The molecule has 1 atom stereocenters. The van der Waals surface area contributed by atoms with E-state index in [0.717, 1.165) is 30.6 Å². The van der Waals surface area contributed by atoms with E-state index in [-0.39, 0.29) is 11.9 Å². The summed E-state index contributed by atoms with van der Waals surface area (Å²) in [7, 11) is 0. The van der Waals surface area contributed by atoms with E-state index in [1.807, 2.05) is 24.8 Å². The minimum Gasteiger partial charge on any atom is -0.368 e. The molecule has 0 spiro atoms. The summed E-state index contributed by atoms with van der Waals surface area (Å²) in [4.78, 5) is 17.7. The van der Waals surface area contributed by atoms with Crippen molar-refractivity contribution in [3.05, 3.63) is 22.9 Å². The lowest BCUT2D eigenvalue weighted by atomic mass is 10.1. The fraction of sp³-hybridized carbons (Fsp3) is 0.462. The van der Waals surface area contributed by atoms with Gasteiger partial charge in [-0.3, -0.25) is 4.79 Å². The number of amides is 1. The topological polar surface area (TPSA) is 83.0 Å². The lowest BCUT2D eigenvalue weighted by molar-refractivity contribution is -0.119. The maximum absolute atomic E-state index is 11.4. The van der Waals surface area contributed by atoms with Crippen molar-refractivity contribution in [1.82, 2.24) is 4.98 Å². The molecule has 2 rings (SSSR count). The monoisotopic (exact) mass is 244 g/mol. The predicted octanol–water partition coefficient (Wildman–Crippen LogP) is 1.02. The van der Waals surface area contributed by atoms with E-state index in [4.69, 9.17) is 5.73 Å². The Morgan fingerprint density at radius 1 is 1.61 bits per heavy atom. The SMILES string of the molecule is Cc1cc(C)c(C#N)c(N2CCCC2C(N)=O)n1. The normalized spacial score (nSPS) is 18.7. The van der Waals surface area contributed by atoms with E-state index < -0.39 is 0 Å². The maximum atomic E-state index is 11.4. The number of anilines is 1. The summed E-state index contributed by atoms with van der Waals surface area (Å²) >= 11 is 0. The minimum absolute atomic E-state index is 0.342. The first-order valence-corrected chi connectivity index (χ1v) is 5.99. The molecule has 0 aliphatic carbocycles. The third-order valence-corrected chi connectivity index (χ3v) is 3.29. The Balaban J connectivity index is 2.51. The quantitative estimate of drug-likeness (QED) is 0.842. The number of nitriles is 1. The van der Waals surface area contributed by atoms with Crippen LogP contribution in [0.2, 0.25) is 0 Å². The zero-order chi connectivity index (χ0) is 13.3. The highest BCUT2D eigenvalue weighted by Gasteiger charge is 2.31. The van der Waals surface area contributed by atoms with Gasteiger partial charge in [-0.15, -0.1) is 0 Å². The number of carbonyl (C=O) groups excluding carboxylic acids is 1. The predicted molar refractivity (Wildman–Crippen MR) is 68.0 cm³/mol. The molecule has 18 heavy (non-hydrogen) atoms. The molecule has 0 bridgehead atoms. The second-order valence-corrected chi connectivity index (χ2v) is 4.64. The van der Waals surface area contributed by atoms with Crippen LogP contribution in [-0.2, 0) is 4.79 Å². The van der Waals surface area contributed by atoms with E-state index in [0.29, 0.717) is 11.4 Å². The van der Waals surface area contributed by atoms with E-state index in [1.54, 1.807) is 0 Å². The Bertz CT molecular complexity index is 533. The number of aryl methyl sites for hydroxylation is 2. The second kappa shape index (κ2) is 4.65. The van der Waals surface area contributed by atoms with Gasteiger partial charge in [-0.1, -0.05) is 0 Å². The maximum Gasteiger partial charge on any atom is 0.240 e. The van der Waals surface area contributed by atoms with Gasteiger partial charge in [-0.25, -0.2) is 4.98 Å². The largest absolute Gasteiger partial charge is 0.368 e. The van der Waals surface area contributed by atoms with Crippen LogP contribution in [0.3, 0.4) is 0 Å². The molecule has 5 heteroatoms. The number of nitrogens with zero attached hydrogens (tertiary/aromatic N) is 3. The first-order chi connectivity index (χ1) is 8.54. The number of hydrogen-bond donors (Lipinski definition) is 1. The van der Waals surface area contributed by atoms with Crippen LogP contribution in [0.4, 0.5) is 5.82 Å². The van der Waals surface area contributed by atoms with E-state index in [9.17, 15) is 10.1 Å². The van der Waals surface area contributed by atoms with Crippen LogP contribution in [-0.4, -0.2) is 23.5 Å². The number of aromatic nitrogens is 1. The van der Waals surface area contributed by atoms with Gasteiger partial charge in [0.05, 0.1) is 5.56 Å². The molecule has 1 fully saturated rings. The van der Waals surface area contributed by atoms with Crippen molar-refractivity contribution >= 4 is 11.7 Å². The molecule has 1 saturated heterocycles. The summed E-state index contributed by atoms with van der Waals surface area (Å²) in [5.41, 5.74) is 7.67. The van der Waals surface area contributed by atoms with Gasteiger partial charge in [-0.05, 0) is 38.3 Å². The van der Waals surface area contributed by atoms with Crippen LogP contribution >= 0.6 is 0 Å². The lowest BCUT2D eigenvalue weighted by Gasteiger charge is -2.25. The molecule has 2 N–H and O–H groups in total. The molecule has 1 aromatic rings. The molecule has 1 unspecified atom stereocenters. The van der Waals surface area contributed by atoms with Crippen molar-refractivity contribution in [2.24, 2.45) is 5.73 Å². The van der Waals surface area contributed by atoms with Crippen LogP contribution < -0.4 is 10.6 Å². The summed E-state index contributed by atoms with van der Waals surface area (Å²) in [6.45, 7) is 4.48. The number of nitrogens with two attached hydrogens (primary N) is 1. The minimum atomic E-state index is -0.350. The summed E-state index contributed by atoms with van der Waals surface area (Å²) < 4.78 is 0. The third-order valence-electron chi connectivity index (χ3n) is 3.29. The van der Waals surface area contributed by atoms with Crippen LogP contribution in [0.5, 0.6) is 0 Å². The lowest BCUT2D eigenvalue weighted by Crippen LogP contribution is -2.41. The summed E-state index contributed by atoms with van der Waals surface area (Å²) in [6.07, 6.45) is 1.63. The van der Waals surface area contributed by atoms with Crippen molar-refractivity contribution in [3.63, 3.8) is 0 Å².